The predicted molar refractivity (Wildman–Crippen MR) is 80.2 cm³/mol. The van der Waals surface area contributed by atoms with Gasteiger partial charge in [0, 0.05) is 30.5 Å². The Bertz CT molecular complexity index is 538. The molecule has 5 heteroatoms. The molecule has 1 unspecified atom stereocenters. The maximum Gasteiger partial charge on any atom is 0.145 e. The van der Waals surface area contributed by atoms with E-state index in [0.717, 1.165) is 42.0 Å². The minimum absolute atomic E-state index is 0.0575. The number of pyridine rings is 1. The molecule has 3 N–H and O–H groups in total. The second-order valence-electron chi connectivity index (χ2n) is 4.90. The predicted octanol–water partition coefficient (Wildman–Crippen LogP) is 2.05. The van der Waals surface area contributed by atoms with Gasteiger partial charge < -0.3 is 11.1 Å². The third-order valence-electron chi connectivity index (χ3n) is 3.12. The molecule has 0 spiro atoms. The molecule has 0 saturated heterocycles. The zero-order valence-corrected chi connectivity index (χ0v) is 12.0. The Hall–Kier alpha value is -2.01. The molecule has 1 atom stereocenters. The van der Waals surface area contributed by atoms with Gasteiger partial charge in [0.1, 0.15) is 5.82 Å². The van der Waals surface area contributed by atoms with Gasteiger partial charge in [-0.3, -0.25) is 4.98 Å². The van der Waals surface area contributed by atoms with Crippen LogP contribution in [0.5, 0.6) is 0 Å². The Kier molecular flexibility index (Phi) is 5.01. The lowest BCUT2D eigenvalue weighted by molar-refractivity contribution is 0.504. The van der Waals surface area contributed by atoms with E-state index in [1.807, 2.05) is 31.6 Å². The smallest absolute Gasteiger partial charge is 0.145 e. The maximum absolute atomic E-state index is 5.99. The van der Waals surface area contributed by atoms with Crippen molar-refractivity contribution >= 4 is 5.69 Å². The molecule has 0 saturated carbocycles. The Morgan fingerprint density at radius 3 is 2.65 bits per heavy atom. The highest BCUT2D eigenvalue weighted by Crippen LogP contribution is 2.18. The first-order valence-corrected chi connectivity index (χ1v) is 6.91. The van der Waals surface area contributed by atoms with Gasteiger partial charge in [0.25, 0.3) is 0 Å². The van der Waals surface area contributed by atoms with Crippen molar-refractivity contribution < 1.29 is 0 Å². The number of hydrogen-bond donors (Lipinski definition) is 2. The van der Waals surface area contributed by atoms with Crippen molar-refractivity contribution in [2.45, 2.75) is 32.7 Å². The number of aryl methyl sites for hydroxylation is 1. The van der Waals surface area contributed by atoms with E-state index >= 15 is 0 Å². The highest BCUT2D eigenvalue weighted by atomic mass is 15.0. The number of nitrogens with one attached hydrogen (secondary N) is 1. The van der Waals surface area contributed by atoms with E-state index in [9.17, 15) is 0 Å². The van der Waals surface area contributed by atoms with Crippen LogP contribution in [0.15, 0.2) is 30.9 Å². The average Bonchev–Trinajstić information content (AvgIpc) is 2.46. The molecule has 0 amide bonds. The van der Waals surface area contributed by atoms with Crippen molar-refractivity contribution in [3.8, 4) is 0 Å². The summed E-state index contributed by atoms with van der Waals surface area (Å²) in [6, 6.07) is 1.88. The fourth-order valence-corrected chi connectivity index (χ4v) is 1.98. The van der Waals surface area contributed by atoms with Crippen LogP contribution in [-0.4, -0.2) is 21.5 Å². The molecule has 5 nitrogen and oxygen atoms in total. The summed E-state index contributed by atoms with van der Waals surface area (Å²) < 4.78 is 0. The first-order chi connectivity index (χ1) is 9.70. The van der Waals surface area contributed by atoms with Crippen LogP contribution >= 0.6 is 0 Å². The van der Waals surface area contributed by atoms with Gasteiger partial charge in [0.15, 0.2) is 0 Å². The van der Waals surface area contributed by atoms with Crippen molar-refractivity contribution in [3.63, 3.8) is 0 Å². The first kappa shape index (κ1) is 14.4. The van der Waals surface area contributed by atoms with E-state index in [2.05, 4.69) is 27.2 Å². The first-order valence-electron chi connectivity index (χ1n) is 6.91. The Labute approximate surface area is 119 Å². The Morgan fingerprint density at radius 2 is 2.00 bits per heavy atom. The van der Waals surface area contributed by atoms with E-state index < -0.39 is 0 Å². The van der Waals surface area contributed by atoms with Crippen LogP contribution in [0.1, 0.15) is 36.3 Å². The zero-order chi connectivity index (χ0) is 14.4. The van der Waals surface area contributed by atoms with Crippen molar-refractivity contribution in [1.29, 1.82) is 0 Å². The number of nitrogen functional groups attached to an aromatic ring is 1. The van der Waals surface area contributed by atoms with Gasteiger partial charge in [-0.05, 0) is 43.5 Å². The number of hydrogen-bond acceptors (Lipinski definition) is 5. The van der Waals surface area contributed by atoms with Gasteiger partial charge in [-0.2, -0.15) is 0 Å². The van der Waals surface area contributed by atoms with Gasteiger partial charge >= 0.3 is 0 Å². The van der Waals surface area contributed by atoms with Crippen molar-refractivity contribution in [2.24, 2.45) is 0 Å². The van der Waals surface area contributed by atoms with E-state index in [0.29, 0.717) is 0 Å². The van der Waals surface area contributed by atoms with Gasteiger partial charge in [-0.25, -0.2) is 9.97 Å². The van der Waals surface area contributed by atoms with E-state index in [-0.39, 0.29) is 6.04 Å². The molecule has 20 heavy (non-hydrogen) atoms. The summed E-state index contributed by atoms with van der Waals surface area (Å²) in [6.45, 7) is 5.04. The summed E-state index contributed by atoms with van der Waals surface area (Å²) in [5.74, 6) is 0.798. The van der Waals surface area contributed by atoms with Crippen LogP contribution in [0.3, 0.4) is 0 Å². The Balaban J connectivity index is 2.19. The van der Waals surface area contributed by atoms with E-state index in [4.69, 9.17) is 5.73 Å². The highest BCUT2D eigenvalue weighted by molar-refractivity contribution is 5.44. The molecule has 106 valence electrons. The minimum Gasteiger partial charge on any atom is -0.398 e. The summed E-state index contributed by atoms with van der Waals surface area (Å²) in [5.41, 5.74) is 8.83. The standard InChI is InChI=1S/C15H21N5/c1-3-5-18-14(15-19-8-11(2)9-20-15)7-12-10-17-6-4-13(12)16/h4,6,8-10,14,18H,3,5,7H2,1-2H3,(H2,16,17). The lowest BCUT2D eigenvalue weighted by Crippen LogP contribution is -2.26. The number of nitrogens with zero attached hydrogens (tertiary/aromatic N) is 3. The van der Waals surface area contributed by atoms with Crippen LogP contribution in [0, 0.1) is 6.92 Å². The molecule has 2 aromatic heterocycles. The minimum atomic E-state index is 0.0575. The molecule has 0 radical (unpaired) electrons. The van der Waals surface area contributed by atoms with Crippen molar-refractivity contribution in [3.05, 3.63) is 47.8 Å². The molecule has 0 aliphatic rings. The fraction of sp³-hybridized carbons (Fsp3) is 0.400. The monoisotopic (exact) mass is 271 g/mol. The summed E-state index contributed by atoms with van der Waals surface area (Å²) in [5, 5.41) is 3.47. The molecule has 0 aromatic carbocycles. The summed E-state index contributed by atoms with van der Waals surface area (Å²) in [6.07, 6.45) is 9.00. The Morgan fingerprint density at radius 1 is 1.25 bits per heavy atom. The quantitative estimate of drug-likeness (QED) is 0.841. The molecule has 2 rings (SSSR count). The highest BCUT2D eigenvalue weighted by Gasteiger charge is 2.15. The van der Waals surface area contributed by atoms with Crippen molar-refractivity contribution in [2.75, 3.05) is 12.3 Å². The second kappa shape index (κ2) is 6.96. The molecule has 0 fully saturated rings. The van der Waals surface area contributed by atoms with Crippen LogP contribution < -0.4 is 11.1 Å². The van der Waals surface area contributed by atoms with Crippen LogP contribution in [0.25, 0.3) is 0 Å². The third kappa shape index (κ3) is 3.74. The molecule has 0 bridgehead atoms. The molecular weight excluding hydrogens is 250 g/mol. The number of anilines is 1. The van der Waals surface area contributed by atoms with Gasteiger partial charge in [-0.15, -0.1) is 0 Å². The SMILES string of the molecule is CCCNC(Cc1cnccc1N)c1ncc(C)cn1. The summed E-state index contributed by atoms with van der Waals surface area (Å²) >= 11 is 0. The summed E-state index contributed by atoms with van der Waals surface area (Å²) in [4.78, 5) is 13.0. The number of rotatable bonds is 6. The third-order valence-corrected chi connectivity index (χ3v) is 3.12. The van der Waals surface area contributed by atoms with Gasteiger partial charge in [0.05, 0.1) is 6.04 Å². The fourth-order valence-electron chi connectivity index (χ4n) is 1.98. The largest absolute Gasteiger partial charge is 0.398 e. The van der Waals surface area contributed by atoms with Crippen LogP contribution in [-0.2, 0) is 6.42 Å². The van der Waals surface area contributed by atoms with Crippen LogP contribution in [0.2, 0.25) is 0 Å². The maximum atomic E-state index is 5.99. The molecule has 0 aliphatic carbocycles. The number of aromatic nitrogens is 3. The van der Waals surface area contributed by atoms with Crippen molar-refractivity contribution in [1.82, 2.24) is 20.3 Å². The van der Waals surface area contributed by atoms with E-state index in [1.165, 1.54) is 0 Å². The van der Waals surface area contributed by atoms with Gasteiger partial charge in [0.2, 0.25) is 0 Å². The number of nitrogens with two attached hydrogens (primary N) is 1. The molecule has 2 heterocycles. The normalized spacial score (nSPS) is 12.3. The second-order valence-corrected chi connectivity index (χ2v) is 4.90. The van der Waals surface area contributed by atoms with E-state index in [1.54, 1.807) is 6.20 Å². The molecular formula is C15H21N5. The van der Waals surface area contributed by atoms with Crippen LogP contribution in [0.4, 0.5) is 5.69 Å². The average molecular weight is 271 g/mol. The lowest BCUT2D eigenvalue weighted by atomic mass is 10.1. The lowest BCUT2D eigenvalue weighted by Gasteiger charge is -2.18. The zero-order valence-electron chi connectivity index (χ0n) is 12.0. The molecule has 0 aliphatic heterocycles. The topological polar surface area (TPSA) is 76.7 Å². The summed E-state index contributed by atoms with van der Waals surface area (Å²) in [7, 11) is 0. The molecule has 2 aromatic rings. The van der Waals surface area contributed by atoms with Gasteiger partial charge in [-0.1, -0.05) is 6.92 Å².